The molecule has 0 aromatic heterocycles. The Balaban J connectivity index is 2.30. The first-order chi connectivity index (χ1) is 9.24. The largest absolute Gasteiger partial charge is 0.478 e. The van der Waals surface area contributed by atoms with Crippen LogP contribution < -0.4 is 4.72 Å². The van der Waals surface area contributed by atoms with Gasteiger partial charge in [-0.25, -0.2) is 13.7 Å². The minimum absolute atomic E-state index is 0.220. The molecule has 1 unspecified atom stereocenters. The summed E-state index contributed by atoms with van der Waals surface area (Å²) in [6.45, 7) is 6.43. The highest BCUT2D eigenvalue weighted by atomic mass is 32.2. The third kappa shape index (κ3) is 2.92. The van der Waals surface area contributed by atoms with Gasteiger partial charge in [0.2, 0.25) is 0 Å². The number of rotatable bonds is 4. The van der Waals surface area contributed by atoms with E-state index in [1.807, 2.05) is 26.8 Å². The molecule has 1 heterocycles. The first kappa shape index (κ1) is 15.2. The second kappa shape index (κ2) is 5.27. The third-order valence-corrected chi connectivity index (χ3v) is 4.89. The van der Waals surface area contributed by atoms with E-state index >= 15 is 0 Å². The number of carboxylic acids is 1. The van der Waals surface area contributed by atoms with Crippen molar-refractivity contribution >= 4 is 17.0 Å². The standard InChI is InChI=1S/C14H19NO4S/c1-13(2,3)20(18)15-14(8-19-9-14)11-6-4-5-10(7-11)12(16)17/h4-7,15H,8-9H2,1-3H3,(H,16,17). The summed E-state index contributed by atoms with van der Waals surface area (Å²) in [7, 11) is -1.25. The molecule has 0 aliphatic carbocycles. The molecule has 110 valence electrons. The second-order valence-electron chi connectivity index (χ2n) is 5.94. The van der Waals surface area contributed by atoms with Crippen molar-refractivity contribution in [2.45, 2.75) is 31.1 Å². The second-order valence-corrected chi connectivity index (χ2v) is 7.91. The number of hydrogen-bond donors (Lipinski definition) is 2. The zero-order chi connectivity index (χ0) is 15.0. The van der Waals surface area contributed by atoms with Crippen LogP contribution in [-0.4, -0.2) is 33.2 Å². The van der Waals surface area contributed by atoms with Crippen LogP contribution in [0, 0.1) is 0 Å². The molecule has 1 aromatic rings. The van der Waals surface area contributed by atoms with Gasteiger partial charge in [-0.2, -0.15) is 0 Å². The van der Waals surface area contributed by atoms with Crippen molar-refractivity contribution in [2.75, 3.05) is 13.2 Å². The van der Waals surface area contributed by atoms with Crippen LogP contribution in [0.3, 0.4) is 0 Å². The minimum Gasteiger partial charge on any atom is -0.478 e. The van der Waals surface area contributed by atoms with Gasteiger partial charge in [0, 0.05) is 0 Å². The van der Waals surface area contributed by atoms with Gasteiger partial charge in [-0.3, -0.25) is 0 Å². The SMILES string of the molecule is CC(C)(C)S(=O)NC1(c2cccc(C(=O)O)c2)COC1. The fraction of sp³-hybridized carbons (Fsp3) is 0.500. The summed E-state index contributed by atoms with van der Waals surface area (Å²) in [5, 5.41) is 9.07. The van der Waals surface area contributed by atoms with Crippen LogP contribution in [-0.2, 0) is 21.3 Å². The molecule has 0 spiro atoms. The number of nitrogens with one attached hydrogen (secondary N) is 1. The molecule has 20 heavy (non-hydrogen) atoms. The van der Waals surface area contributed by atoms with Gasteiger partial charge < -0.3 is 9.84 Å². The topological polar surface area (TPSA) is 75.6 Å². The summed E-state index contributed by atoms with van der Waals surface area (Å²) in [5.74, 6) is -0.973. The number of carboxylic acid groups (broad SMARTS) is 1. The Morgan fingerprint density at radius 3 is 2.50 bits per heavy atom. The van der Waals surface area contributed by atoms with Crippen LogP contribution >= 0.6 is 0 Å². The maximum Gasteiger partial charge on any atom is 0.335 e. The average Bonchev–Trinajstić information content (AvgIpc) is 2.32. The van der Waals surface area contributed by atoms with Crippen LogP contribution in [0.5, 0.6) is 0 Å². The number of aromatic carboxylic acids is 1. The van der Waals surface area contributed by atoms with Crippen molar-refractivity contribution in [1.29, 1.82) is 0 Å². The smallest absolute Gasteiger partial charge is 0.335 e. The molecule has 0 saturated carbocycles. The van der Waals surface area contributed by atoms with E-state index in [-0.39, 0.29) is 5.56 Å². The number of ether oxygens (including phenoxy) is 1. The van der Waals surface area contributed by atoms with E-state index < -0.39 is 27.2 Å². The summed E-state index contributed by atoms with van der Waals surface area (Å²) in [6, 6.07) is 6.68. The summed E-state index contributed by atoms with van der Waals surface area (Å²) in [4.78, 5) is 11.1. The molecule has 0 bridgehead atoms. The van der Waals surface area contributed by atoms with Crippen molar-refractivity contribution in [3.63, 3.8) is 0 Å². The van der Waals surface area contributed by atoms with Gasteiger partial charge in [-0.15, -0.1) is 0 Å². The Morgan fingerprint density at radius 1 is 1.40 bits per heavy atom. The molecule has 1 aliphatic rings. The summed E-state index contributed by atoms with van der Waals surface area (Å²) >= 11 is 0. The molecule has 2 rings (SSSR count). The van der Waals surface area contributed by atoms with E-state index in [9.17, 15) is 9.00 Å². The fourth-order valence-corrected chi connectivity index (χ4v) is 2.77. The van der Waals surface area contributed by atoms with Crippen LogP contribution in [0.2, 0.25) is 0 Å². The average molecular weight is 297 g/mol. The Hall–Kier alpha value is -1.24. The summed E-state index contributed by atoms with van der Waals surface area (Å²) in [6.07, 6.45) is 0. The lowest BCUT2D eigenvalue weighted by molar-refractivity contribution is -0.0659. The van der Waals surface area contributed by atoms with Gasteiger partial charge >= 0.3 is 5.97 Å². The van der Waals surface area contributed by atoms with Crippen LogP contribution in [0.25, 0.3) is 0 Å². The lowest BCUT2D eigenvalue weighted by atomic mass is 9.88. The molecule has 5 nitrogen and oxygen atoms in total. The van der Waals surface area contributed by atoms with Crippen molar-refractivity contribution in [3.8, 4) is 0 Å². The highest BCUT2D eigenvalue weighted by Gasteiger charge is 2.43. The molecule has 1 fully saturated rings. The molecule has 0 radical (unpaired) electrons. The molecule has 2 N–H and O–H groups in total. The molecule has 1 saturated heterocycles. The van der Waals surface area contributed by atoms with Crippen molar-refractivity contribution in [3.05, 3.63) is 35.4 Å². The Morgan fingerprint density at radius 2 is 2.05 bits per heavy atom. The van der Waals surface area contributed by atoms with E-state index in [1.54, 1.807) is 18.2 Å². The van der Waals surface area contributed by atoms with E-state index in [2.05, 4.69) is 4.72 Å². The molecule has 0 amide bonds. The maximum absolute atomic E-state index is 12.3. The predicted molar refractivity (Wildman–Crippen MR) is 76.9 cm³/mol. The zero-order valence-corrected chi connectivity index (χ0v) is 12.6. The van der Waals surface area contributed by atoms with Gasteiger partial charge in [0.1, 0.15) is 5.54 Å². The van der Waals surface area contributed by atoms with Gasteiger partial charge in [0.25, 0.3) is 0 Å². The highest BCUT2D eigenvalue weighted by molar-refractivity contribution is 7.84. The Kier molecular flexibility index (Phi) is 4.00. The van der Waals surface area contributed by atoms with Crippen LogP contribution in [0.1, 0.15) is 36.7 Å². The molecule has 1 atom stereocenters. The van der Waals surface area contributed by atoms with Crippen molar-refractivity contribution in [1.82, 2.24) is 4.72 Å². The van der Waals surface area contributed by atoms with E-state index in [0.29, 0.717) is 13.2 Å². The van der Waals surface area contributed by atoms with E-state index in [0.717, 1.165) is 5.56 Å². The molecule has 6 heteroatoms. The normalized spacial score (nSPS) is 19.1. The number of hydrogen-bond acceptors (Lipinski definition) is 3. The quantitative estimate of drug-likeness (QED) is 0.886. The van der Waals surface area contributed by atoms with E-state index in [1.165, 1.54) is 0 Å². The van der Waals surface area contributed by atoms with Crippen molar-refractivity contribution in [2.24, 2.45) is 0 Å². The predicted octanol–water partition coefficient (Wildman–Crippen LogP) is 1.66. The molecular weight excluding hydrogens is 278 g/mol. The third-order valence-electron chi connectivity index (χ3n) is 3.20. The Bertz CT molecular complexity index is 546. The van der Waals surface area contributed by atoms with Gasteiger partial charge in [0.05, 0.1) is 34.5 Å². The van der Waals surface area contributed by atoms with Crippen LogP contribution in [0.15, 0.2) is 24.3 Å². The number of benzene rings is 1. The summed E-state index contributed by atoms with van der Waals surface area (Å²) < 4.78 is 20.3. The first-order valence-corrected chi connectivity index (χ1v) is 7.51. The lowest BCUT2D eigenvalue weighted by Crippen LogP contribution is -2.59. The number of carbonyl (C=O) groups is 1. The van der Waals surface area contributed by atoms with E-state index in [4.69, 9.17) is 9.84 Å². The molecular formula is C14H19NO4S. The monoisotopic (exact) mass is 297 g/mol. The molecule has 1 aromatic carbocycles. The van der Waals surface area contributed by atoms with Gasteiger partial charge in [-0.05, 0) is 38.5 Å². The highest BCUT2D eigenvalue weighted by Crippen LogP contribution is 2.31. The fourth-order valence-electron chi connectivity index (χ4n) is 1.87. The summed E-state index contributed by atoms with van der Waals surface area (Å²) in [5.41, 5.74) is 0.447. The lowest BCUT2D eigenvalue weighted by Gasteiger charge is -2.43. The zero-order valence-electron chi connectivity index (χ0n) is 11.8. The van der Waals surface area contributed by atoms with Crippen LogP contribution in [0.4, 0.5) is 0 Å². The Labute approximate surface area is 120 Å². The maximum atomic E-state index is 12.3. The van der Waals surface area contributed by atoms with Gasteiger partial charge in [0.15, 0.2) is 0 Å². The first-order valence-electron chi connectivity index (χ1n) is 6.36. The van der Waals surface area contributed by atoms with Crippen molar-refractivity contribution < 1.29 is 18.8 Å². The molecule has 1 aliphatic heterocycles. The van der Waals surface area contributed by atoms with Gasteiger partial charge in [-0.1, -0.05) is 12.1 Å². The minimum atomic E-state index is -1.25.